The van der Waals surface area contributed by atoms with Crippen LogP contribution in [0.3, 0.4) is 0 Å². The first-order valence-electron chi connectivity index (χ1n) is 9.70. The van der Waals surface area contributed by atoms with Crippen LogP contribution < -0.4 is 0 Å². The minimum absolute atomic E-state index is 0.118. The molecular formula is C21H23BClN3O3. The lowest BCUT2D eigenvalue weighted by Gasteiger charge is -2.40. The molecule has 1 aromatic heterocycles. The van der Waals surface area contributed by atoms with E-state index in [9.17, 15) is 9.82 Å². The number of methoxy groups -OCH3 is 1. The van der Waals surface area contributed by atoms with Gasteiger partial charge in [0.2, 0.25) is 0 Å². The van der Waals surface area contributed by atoms with Crippen molar-refractivity contribution in [2.75, 3.05) is 33.3 Å². The van der Waals surface area contributed by atoms with Gasteiger partial charge < -0.3 is 14.6 Å². The molecule has 1 unspecified atom stereocenters. The second-order valence-electron chi connectivity index (χ2n) is 7.37. The Balaban J connectivity index is 1.84. The predicted molar refractivity (Wildman–Crippen MR) is 114 cm³/mol. The molecule has 0 radical (unpaired) electrons. The van der Waals surface area contributed by atoms with E-state index in [1.807, 2.05) is 41.2 Å². The molecule has 0 saturated carbocycles. The van der Waals surface area contributed by atoms with Gasteiger partial charge in [-0.05, 0) is 42.2 Å². The average molecular weight is 412 g/mol. The van der Waals surface area contributed by atoms with E-state index in [-0.39, 0.29) is 6.04 Å². The van der Waals surface area contributed by atoms with Crippen molar-refractivity contribution in [3.05, 3.63) is 63.9 Å². The third-order valence-corrected chi connectivity index (χ3v) is 5.91. The average Bonchev–Trinajstić information content (AvgIpc) is 2.87. The number of pyridine rings is 1. The standard InChI is InChI=1S/C21H23BClN3O3/c1-22(28)26-10-8-25(9-11-26)20-16-6-5-15(23)12-14(16)13-18(21(27)29-2)17-4-3-7-24-19(17)20/h3-7,12-13,20,28H,8-11H2,1-2H3. The van der Waals surface area contributed by atoms with Crippen LogP contribution in [-0.4, -0.2) is 66.0 Å². The van der Waals surface area contributed by atoms with Gasteiger partial charge in [0.05, 0.1) is 24.4 Å². The number of benzene rings is 1. The van der Waals surface area contributed by atoms with Crippen LogP contribution in [0.15, 0.2) is 36.5 Å². The molecule has 1 aliphatic heterocycles. The summed E-state index contributed by atoms with van der Waals surface area (Å²) in [5, 5.41) is 10.5. The largest absolute Gasteiger partial charge is 0.465 e. The molecule has 8 heteroatoms. The number of carbonyl (C=O) groups excluding carboxylic acids is 1. The van der Waals surface area contributed by atoms with E-state index in [0.717, 1.165) is 48.6 Å². The van der Waals surface area contributed by atoms with Crippen molar-refractivity contribution in [3.63, 3.8) is 0 Å². The SMILES string of the molecule is COC(=O)C1=Cc2cc(Cl)ccc2C(N2CCN(B(C)O)CC2)c2ncccc21. The number of piperazine rings is 1. The molecule has 2 aliphatic rings. The number of esters is 1. The van der Waals surface area contributed by atoms with E-state index in [4.69, 9.17) is 21.3 Å². The van der Waals surface area contributed by atoms with Crippen molar-refractivity contribution in [2.45, 2.75) is 12.9 Å². The zero-order valence-corrected chi connectivity index (χ0v) is 17.3. The highest BCUT2D eigenvalue weighted by Gasteiger charge is 2.35. The number of aromatic nitrogens is 1. The van der Waals surface area contributed by atoms with Crippen LogP contribution in [0, 0.1) is 0 Å². The molecule has 1 aromatic carbocycles. The first-order valence-corrected chi connectivity index (χ1v) is 10.1. The maximum atomic E-state index is 12.6. The van der Waals surface area contributed by atoms with Gasteiger partial charge in [0.1, 0.15) is 0 Å². The van der Waals surface area contributed by atoms with Crippen LogP contribution in [0.2, 0.25) is 11.8 Å². The summed E-state index contributed by atoms with van der Waals surface area (Å²) in [7, 11) is 0.922. The zero-order chi connectivity index (χ0) is 20.5. The molecule has 1 fully saturated rings. The van der Waals surface area contributed by atoms with Crippen molar-refractivity contribution in [1.82, 2.24) is 14.7 Å². The van der Waals surface area contributed by atoms with Gasteiger partial charge in [-0.15, -0.1) is 0 Å². The minimum atomic E-state index is -0.463. The van der Waals surface area contributed by atoms with Gasteiger partial charge in [0.25, 0.3) is 0 Å². The molecule has 2 aromatic rings. The number of halogens is 1. The molecule has 2 heterocycles. The van der Waals surface area contributed by atoms with Gasteiger partial charge in [-0.3, -0.25) is 9.88 Å². The maximum Gasteiger partial charge on any atom is 0.376 e. The molecule has 1 saturated heterocycles. The number of rotatable bonds is 3. The van der Waals surface area contributed by atoms with Crippen molar-refractivity contribution in [1.29, 1.82) is 0 Å². The molecule has 29 heavy (non-hydrogen) atoms. The third-order valence-electron chi connectivity index (χ3n) is 5.68. The van der Waals surface area contributed by atoms with Crippen LogP contribution in [-0.2, 0) is 9.53 Å². The highest BCUT2D eigenvalue weighted by atomic mass is 35.5. The summed E-state index contributed by atoms with van der Waals surface area (Å²) in [6, 6.07) is 9.40. The number of ether oxygens (including phenoxy) is 1. The molecule has 1 N–H and O–H groups in total. The highest BCUT2D eigenvalue weighted by Crippen LogP contribution is 2.40. The second-order valence-corrected chi connectivity index (χ2v) is 7.80. The summed E-state index contributed by atoms with van der Waals surface area (Å²) in [5.74, 6) is -0.398. The molecule has 4 rings (SSSR count). The minimum Gasteiger partial charge on any atom is -0.465 e. The quantitative estimate of drug-likeness (QED) is 0.618. The van der Waals surface area contributed by atoms with E-state index >= 15 is 0 Å². The van der Waals surface area contributed by atoms with Crippen LogP contribution in [0.5, 0.6) is 0 Å². The fourth-order valence-corrected chi connectivity index (χ4v) is 4.36. The van der Waals surface area contributed by atoms with Crippen molar-refractivity contribution < 1.29 is 14.6 Å². The molecule has 6 nitrogen and oxygen atoms in total. The molecular weight excluding hydrogens is 389 g/mol. The van der Waals surface area contributed by atoms with Crippen molar-refractivity contribution >= 4 is 36.3 Å². The first kappa shape index (κ1) is 20.1. The molecule has 0 amide bonds. The molecule has 0 bridgehead atoms. The monoisotopic (exact) mass is 411 g/mol. The lowest BCUT2D eigenvalue weighted by molar-refractivity contribution is -0.133. The highest BCUT2D eigenvalue weighted by molar-refractivity contribution is 6.45. The molecule has 0 spiro atoms. The summed E-state index contributed by atoms with van der Waals surface area (Å²) in [6.45, 7) is 4.87. The Labute approximate surface area is 175 Å². The Morgan fingerprint density at radius 3 is 2.72 bits per heavy atom. The topological polar surface area (TPSA) is 65.9 Å². The second kappa shape index (κ2) is 8.28. The summed E-state index contributed by atoms with van der Waals surface area (Å²) < 4.78 is 5.05. The van der Waals surface area contributed by atoms with Crippen LogP contribution in [0.1, 0.15) is 28.4 Å². The first-order chi connectivity index (χ1) is 14.0. The summed E-state index contributed by atoms with van der Waals surface area (Å²) >= 11 is 6.28. The van der Waals surface area contributed by atoms with Gasteiger partial charge in [0, 0.05) is 43.0 Å². The van der Waals surface area contributed by atoms with E-state index in [1.54, 1.807) is 13.0 Å². The van der Waals surface area contributed by atoms with Gasteiger partial charge in [-0.25, -0.2) is 4.79 Å². The van der Waals surface area contributed by atoms with Gasteiger partial charge in [0.15, 0.2) is 0 Å². The third kappa shape index (κ3) is 3.83. The Kier molecular flexibility index (Phi) is 5.74. The van der Waals surface area contributed by atoms with E-state index in [0.29, 0.717) is 10.6 Å². The van der Waals surface area contributed by atoms with Crippen molar-refractivity contribution in [3.8, 4) is 0 Å². The Morgan fingerprint density at radius 1 is 1.28 bits per heavy atom. The van der Waals surface area contributed by atoms with E-state index < -0.39 is 13.0 Å². The molecule has 1 atom stereocenters. The smallest absolute Gasteiger partial charge is 0.376 e. The molecule has 150 valence electrons. The lowest BCUT2D eigenvalue weighted by atomic mass is 9.84. The van der Waals surface area contributed by atoms with E-state index in [2.05, 4.69) is 4.90 Å². The summed E-state index contributed by atoms with van der Waals surface area (Å²) in [6.07, 6.45) is 3.60. The Morgan fingerprint density at radius 2 is 2.03 bits per heavy atom. The number of fused-ring (bicyclic) bond motifs is 2. The number of hydrogen-bond donors (Lipinski definition) is 1. The summed E-state index contributed by atoms with van der Waals surface area (Å²) in [5.41, 5.74) is 4.02. The van der Waals surface area contributed by atoms with E-state index in [1.165, 1.54) is 7.11 Å². The number of hydrogen-bond acceptors (Lipinski definition) is 6. The zero-order valence-electron chi connectivity index (χ0n) is 16.5. The molecule has 1 aliphatic carbocycles. The Hall–Kier alpha value is -2.19. The maximum absolute atomic E-state index is 12.6. The van der Waals surface area contributed by atoms with Gasteiger partial charge >= 0.3 is 13.0 Å². The number of nitrogens with zero attached hydrogens (tertiary/aromatic N) is 3. The normalized spacial score (nSPS) is 19.6. The number of carbonyl (C=O) groups is 1. The predicted octanol–water partition coefficient (Wildman–Crippen LogP) is 2.58. The van der Waals surface area contributed by atoms with Crippen LogP contribution in [0.4, 0.5) is 0 Å². The van der Waals surface area contributed by atoms with Crippen LogP contribution in [0.25, 0.3) is 11.6 Å². The fraction of sp³-hybridized carbons (Fsp3) is 0.333. The van der Waals surface area contributed by atoms with Crippen LogP contribution >= 0.6 is 11.6 Å². The summed E-state index contributed by atoms with van der Waals surface area (Å²) in [4.78, 5) is 21.7. The van der Waals surface area contributed by atoms with Crippen molar-refractivity contribution in [2.24, 2.45) is 0 Å². The van der Waals surface area contributed by atoms with Gasteiger partial charge in [-0.1, -0.05) is 23.7 Å². The fourth-order valence-electron chi connectivity index (χ4n) is 4.18. The Bertz CT molecular complexity index is 958. The van der Waals surface area contributed by atoms with Gasteiger partial charge in [-0.2, -0.15) is 0 Å². The lowest BCUT2D eigenvalue weighted by Crippen LogP contribution is -2.52.